The molecule has 0 aliphatic carbocycles. The molecule has 5 nitrogen and oxygen atoms in total. The lowest BCUT2D eigenvalue weighted by Crippen LogP contribution is -2.33. The number of piperidine rings is 1. The molecule has 1 N–H and O–H groups in total. The van der Waals surface area contributed by atoms with Crippen molar-refractivity contribution in [2.45, 2.75) is 18.9 Å². The Hall–Kier alpha value is -1.75. The van der Waals surface area contributed by atoms with E-state index in [4.69, 9.17) is 0 Å². The van der Waals surface area contributed by atoms with E-state index < -0.39 is 0 Å². The van der Waals surface area contributed by atoms with Crippen molar-refractivity contribution in [2.24, 2.45) is 0 Å². The van der Waals surface area contributed by atoms with Gasteiger partial charge in [-0.1, -0.05) is 0 Å². The summed E-state index contributed by atoms with van der Waals surface area (Å²) in [4.78, 5) is 15.7. The van der Waals surface area contributed by atoms with Crippen LogP contribution in [0.2, 0.25) is 0 Å². The van der Waals surface area contributed by atoms with Gasteiger partial charge in [0.05, 0.1) is 17.8 Å². The number of aromatic nitrogens is 3. The predicted octanol–water partition coefficient (Wildman–Crippen LogP) is 0.723. The second-order valence-corrected chi connectivity index (χ2v) is 3.97. The zero-order valence-electron chi connectivity index (χ0n) is 8.76. The third-order valence-electron chi connectivity index (χ3n) is 2.88. The predicted molar refractivity (Wildman–Crippen MR) is 58.0 cm³/mol. The molecule has 1 aliphatic heterocycles. The van der Waals surface area contributed by atoms with Crippen LogP contribution in [0.25, 0.3) is 5.52 Å². The molecule has 16 heavy (non-hydrogen) atoms. The second-order valence-electron chi connectivity index (χ2n) is 3.97. The van der Waals surface area contributed by atoms with Crippen molar-refractivity contribution in [3.8, 4) is 0 Å². The van der Waals surface area contributed by atoms with Gasteiger partial charge in [0.2, 0.25) is 0 Å². The Balaban J connectivity index is 2.04. The summed E-state index contributed by atoms with van der Waals surface area (Å²) in [5.74, 6) is 1.10. The molecule has 5 heteroatoms. The summed E-state index contributed by atoms with van der Waals surface area (Å²) in [7, 11) is 0. The first-order valence-corrected chi connectivity index (χ1v) is 5.38. The Morgan fingerprint density at radius 1 is 1.38 bits per heavy atom. The molecular weight excluding hydrogens is 204 g/mol. The van der Waals surface area contributed by atoms with Gasteiger partial charge in [-0.15, -0.1) is 0 Å². The number of fused-ring (bicyclic) bond motifs is 1. The summed E-state index contributed by atoms with van der Waals surface area (Å²) in [5, 5.41) is 7.53. The molecule has 2 aromatic heterocycles. The minimum Gasteiger partial charge on any atom is -0.306 e. The number of Topliss-reactive ketones (excluding diaryl/α,β-unsaturated/α-hetero) is 1. The van der Waals surface area contributed by atoms with Crippen LogP contribution in [0.1, 0.15) is 24.7 Å². The van der Waals surface area contributed by atoms with Crippen molar-refractivity contribution in [2.75, 3.05) is 6.54 Å². The van der Waals surface area contributed by atoms with Crippen LogP contribution in [0.15, 0.2) is 24.5 Å². The zero-order valence-corrected chi connectivity index (χ0v) is 8.76. The lowest BCUT2D eigenvalue weighted by Gasteiger charge is -2.22. The number of nitrogens with one attached hydrogen (secondary N) is 1. The standard InChI is InChI=1S/C11H12N4O/c16-9-3-5-12-10(7-9)11-13-4-1-8-2-6-14-15(8)11/h1-2,4,6,10,12H,3,5,7H2. The fourth-order valence-electron chi connectivity index (χ4n) is 2.08. The quantitative estimate of drug-likeness (QED) is 0.763. The number of carbonyl (C=O) groups is 1. The summed E-state index contributed by atoms with van der Waals surface area (Å²) in [6.45, 7) is 0.725. The normalized spacial score (nSPS) is 21.5. The van der Waals surface area contributed by atoms with Crippen LogP contribution in [-0.2, 0) is 4.79 Å². The van der Waals surface area contributed by atoms with E-state index in [9.17, 15) is 4.79 Å². The first kappa shape index (κ1) is 9.47. The van der Waals surface area contributed by atoms with Crippen molar-refractivity contribution < 1.29 is 4.79 Å². The topological polar surface area (TPSA) is 59.3 Å². The van der Waals surface area contributed by atoms with E-state index in [1.165, 1.54) is 0 Å². The molecule has 0 amide bonds. The highest BCUT2D eigenvalue weighted by Crippen LogP contribution is 2.19. The first-order chi connectivity index (χ1) is 7.84. The molecular formula is C11H12N4O. The van der Waals surface area contributed by atoms with Gasteiger partial charge in [0.15, 0.2) is 0 Å². The van der Waals surface area contributed by atoms with Crippen LogP contribution in [-0.4, -0.2) is 26.9 Å². The van der Waals surface area contributed by atoms with Crippen molar-refractivity contribution >= 4 is 11.3 Å². The maximum absolute atomic E-state index is 11.4. The van der Waals surface area contributed by atoms with E-state index >= 15 is 0 Å². The Kier molecular flexibility index (Phi) is 2.18. The van der Waals surface area contributed by atoms with Gasteiger partial charge >= 0.3 is 0 Å². The van der Waals surface area contributed by atoms with Crippen LogP contribution in [0.5, 0.6) is 0 Å². The Labute approximate surface area is 92.5 Å². The fraction of sp³-hybridized carbons (Fsp3) is 0.364. The highest BCUT2D eigenvalue weighted by molar-refractivity contribution is 5.80. The molecule has 0 bridgehead atoms. The number of hydrogen-bond acceptors (Lipinski definition) is 4. The number of ketones is 1. The lowest BCUT2D eigenvalue weighted by molar-refractivity contribution is -0.120. The summed E-state index contributed by atoms with van der Waals surface area (Å²) in [6, 6.07) is 3.82. The molecule has 1 unspecified atom stereocenters. The SMILES string of the molecule is O=C1CCNC(c2nccc3ccnn23)C1. The van der Waals surface area contributed by atoms with Gasteiger partial charge < -0.3 is 5.32 Å². The Morgan fingerprint density at radius 3 is 3.12 bits per heavy atom. The molecule has 2 aromatic rings. The van der Waals surface area contributed by atoms with Gasteiger partial charge in [-0.3, -0.25) is 4.79 Å². The number of hydrogen-bond donors (Lipinski definition) is 1. The summed E-state index contributed by atoms with van der Waals surface area (Å²) in [6.07, 6.45) is 4.62. The number of rotatable bonds is 1. The average Bonchev–Trinajstić information content (AvgIpc) is 2.76. The molecule has 1 fully saturated rings. The van der Waals surface area contributed by atoms with Crippen molar-refractivity contribution in [1.82, 2.24) is 19.9 Å². The molecule has 0 spiro atoms. The zero-order chi connectivity index (χ0) is 11.0. The molecule has 0 aromatic carbocycles. The highest BCUT2D eigenvalue weighted by Gasteiger charge is 2.23. The maximum Gasteiger partial charge on any atom is 0.147 e. The van der Waals surface area contributed by atoms with E-state index in [0.29, 0.717) is 12.8 Å². The van der Waals surface area contributed by atoms with E-state index in [2.05, 4.69) is 15.4 Å². The summed E-state index contributed by atoms with van der Waals surface area (Å²) in [5.41, 5.74) is 1.00. The van der Waals surface area contributed by atoms with Gasteiger partial charge in [0.1, 0.15) is 11.6 Å². The van der Waals surface area contributed by atoms with Crippen LogP contribution in [0, 0.1) is 0 Å². The molecule has 3 rings (SSSR count). The third-order valence-corrected chi connectivity index (χ3v) is 2.88. The van der Waals surface area contributed by atoms with Gasteiger partial charge in [-0.25, -0.2) is 9.50 Å². The lowest BCUT2D eigenvalue weighted by atomic mass is 10.0. The van der Waals surface area contributed by atoms with E-state index in [0.717, 1.165) is 17.9 Å². The van der Waals surface area contributed by atoms with Gasteiger partial charge in [-0.05, 0) is 12.1 Å². The minimum atomic E-state index is -0.00940. The van der Waals surface area contributed by atoms with Crippen LogP contribution < -0.4 is 5.32 Å². The third kappa shape index (κ3) is 1.49. The largest absolute Gasteiger partial charge is 0.306 e. The molecule has 1 aliphatic rings. The molecule has 3 heterocycles. The van der Waals surface area contributed by atoms with Crippen LogP contribution in [0.3, 0.4) is 0 Å². The molecule has 0 saturated carbocycles. The number of nitrogens with zero attached hydrogens (tertiary/aromatic N) is 3. The van der Waals surface area contributed by atoms with Gasteiger partial charge in [0, 0.05) is 25.6 Å². The molecule has 1 saturated heterocycles. The van der Waals surface area contributed by atoms with Gasteiger partial charge in [-0.2, -0.15) is 5.10 Å². The van der Waals surface area contributed by atoms with Crippen molar-refractivity contribution in [3.05, 3.63) is 30.4 Å². The Bertz CT molecular complexity index is 534. The van der Waals surface area contributed by atoms with Crippen molar-refractivity contribution in [3.63, 3.8) is 0 Å². The molecule has 1 atom stereocenters. The highest BCUT2D eigenvalue weighted by atomic mass is 16.1. The minimum absolute atomic E-state index is 0.00940. The second kappa shape index (κ2) is 3.68. The molecule has 0 radical (unpaired) electrons. The average molecular weight is 216 g/mol. The number of carbonyl (C=O) groups excluding carboxylic acids is 1. The monoisotopic (exact) mass is 216 g/mol. The first-order valence-electron chi connectivity index (χ1n) is 5.38. The van der Waals surface area contributed by atoms with Crippen LogP contribution >= 0.6 is 0 Å². The fourth-order valence-corrected chi connectivity index (χ4v) is 2.08. The van der Waals surface area contributed by atoms with Crippen LogP contribution in [0.4, 0.5) is 0 Å². The van der Waals surface area contributed by atoms with Crippen molar-refractivity contribution in [1.29, 1.82) is 0 Å². The molecule has 82 valence electrons. The van der Waals surface area contributed by atoms with Gasteiger partial charge in [0.25, 0.3) is 0 Å². The maximum atomic E-state index is 11.4. The van der Waals surface area contributed by atoms with E-state index in [-0.39, 0.29) is 11.8 Å². The summed E-state index contributed by atoms with van der Waals surface area (Å²) >= 11 is 0. The Morgan fingerprint density at radius 2 is 2.25 bits per heavy atom. The van der Waals surface area contributed by atoms with E-state index in [1.807, 2.05) is 12.1 Å². The summed E-state index contributed by atoms with van der Waals surface area (Å²) < 4.78 is 1.79. The van der Waals surface area contributed by atoms with E-state index in [1.54, 1.807) is 16.9 Å². The smallest absolute Gasteiger partial charge is 0.147 e.